The van der Waals surface area contributed by atoms with Gasteiger partial charge in [-0.1, -0.05) is 13.8 Å². The molecule has 1 aliphatic carbocycles. The van der Waals surface area contributed by atoms with Crippen molar-refractivity contribution in [3.8, 4) is 5.75 Å². The molecule has 1 N–H and O–H groups in total. The lowest BCUT2D eigenvalue weighted by molar-refractivity contribution is -0.384. The molecule has 0 saturated carbocycles. The zero-order valence-electron chi connectivity index (χ0n) is 13.2. The molecule has 0 aromatic heterocycles. The average molecular weight is 318 g/mol. The molecule has 7 heteroatoms. The van der Waals surface area contributed by atoms with Crippen LogP contribution in [0.15, 0.2) is 34.5 Å². The van der Waals surface area contributed by atoms with Crippen molar-refractivity contribution >= 4 is 23.4 Å². The minimum Gasteiger partial charge on any atom is -0.511 e. The van der Waals surface area contributed by atoms with Crippen molar-refractivity contribution in [2.75, 3.05) is 7.11 Å². The van der Waals surface area contributed by atoms with E-state index in [1.807, 2.05) is 13.8 Å². The molecule has 122 valence electrons. The van der Waals surface area contributed by atoms with Crippen LogP contribution in [0, 0.1) is 15.5 Å². The van der Waals surface area contributed by atoms with Crippen LogP contribution in [0.3, 0.4) is 0 Å². The van der Waals surface area contributed by atoms with Crippen LogP contribution in [0.1, 0.15) is 26.7 Å². The van der Waals surface area contributed by atoms with Crippen LogP contribution in [0.5, 0.6) is 5.75 Å². The van der Waals surface area contributed by atoms with Gasteiger partial charge in [-0.15, -0.1) is 0 Å². The van der Waals surface area contributed by atoms with E-state index in [9.17, 15) is 20.0 Å². The van der Waals surface area contributed by atoms with Crippen LogP contribution in [0.25, 0.3) is 0 Å². The van der Waals surface area contributed by atoms with Gasteiger partial charge >= 0.3 is 0 Å². The van der Waals surface area contributed by atoms with Crippen molar-refractivity contribution in [3.63, 3.8) is 0 Å². The van der Waals surface area contributed by atoms with E-state index in [2.05, 4.69) is 4.99 Å². The molecule has 0 unspecified atom stereocenters. The van der Waals surface area contributed by atoms with E-state index in [4.69, 9.17) is 4.74 Å². The van der Waals surface area contributed by atoms with Crippen LogP contribution < -0.4 is 4.74 Å². The molecule has 0 radical (unpaired) electrons. The number of nitrogens with zero attached hydrogens (tertiary/aromatic N) is 2. The van der Waals surface area contributed by atoms with Gasteiger partial charge in [-0.25, -0.2) is 0 Å². The van der Waals surface area contributed by atoms with Gasteiger partial charge in [0.05, 0.1) is 17.6 Å². The summed E-state index contributed by atoms with van der Waals surface area (Å²) in [6.07, 6.45) is 1.94. The second kappa shape index (κ2) is 6.20. The van der Waals surface area contributed by atoms with Gasteiger partial charge in [0.2, 0.25) is 0 Å². The highest BCUT2D eigenvalue weighted by atomic mass is 16.6. The van der Waals surface area contributed by atoms with Gasteiger partial charge in [-0.05, 0) is 11.5 Å². The number of aliphatic hydroxyl groups excluding tert-OH is 1. The summed E-state index contributed by atoms with van der Waals surface area (Å²) < 4.78 is 5.11. The molecular weight excluding hydrogens is 300 g/mol. The smallest absolute Gasteiger partial charge is 0.271 e. The van der Waals surface area contributed by atoms with Crippen LogP contribution in [0.2, 0.25) is 0 Å². The Hall–Kier alpha value is -2.70. The highest BCUT2D eigenvalue weighted by molar-refractivity contribution is 6.15. The molecule has 1 aromatic carbocycles. The molecule has 0 aliphatic heterocycles. The highest BCUT2D eigenvalue weighted by Crippen LogP contribution is 2.36. The van der Waals surface area contributed by atoms with E-state index < -0.39 is 4.92 Å². The number of benzene rings is 1. The maximum Gasteiger partial charge on any atom is 0.271 e. The summed E-state index contributed by atoms with van der Waals surface area (Å²) in [7, 11) is 1.42. The van der Waals surface area contributed by atoms with Crippen LogP contribution >= 0.6 is 0 Å². The van der Waals surface area contributed by atoms with Crippen LogP contribution in [-0.4, -0.2) is 29.1 Å². The first kappa shape index (κ1) is 16.7. The van der Waals surface area contributed by atoms with Gasteiger partial charge < -0.3 is 9.84 Å². The summed E-state index contributed by atoms with van der Waals surface area (Å²) in [5.74, 6) is 0.127. The highest BCUT2D eigenvalue weighted by Gasteiger charge is 2.32. The normalized spacial score (nSPS) is 17.6. The minimum absolute atomic E-state index is 0.0144. The maximum atomic E-state index is 12.1. The van der Waals surface area contributed by atoms with E-state index in [0.29, 0.717) is 18.6 Å². The fraction of sp³-hybridized carbons (Fsp3) is 0.375. The number of ketones is 1. The van der Waals surface area contributed by atoms with Crippen molar-refractivity contribution in [2.45, 2.75) is 26.7 Å². The third kappa shape index (κ3) is 3.74. The summed E-state index contributed by atoms with van der Waals surface area (Å²) in [5, 5.41) is 20.9. The van der Waals surface area contributed by atoms with E-state index in [1.54, 1.807) is 0 Å². The Bertz CT molecular complexity index is 719. The number of nitro benzene ring substituents is 1. The predicted molar refractivity (Wildman–Crippen MR) is 85.5 cm³/mol. The number of aliphatic imine (C=N–C) groups is 1. The van der Waals surface area contributed by atoms with E-state index >= 15 is 0 Å². The molecule has 0 bridgehead atoms. The van der Waals surface area contributed by atoms with E-state index in [1.165, 1.54) is 31.5 Å². The summed E-state index contributed by atoms with van der Waals surface area (Å²) in [6.45, 7) is 3.80. The SMILES string of the molecule is COc1ccc([N+](=O)[O-])cc1N=CC1=C(O)CC(C)(C)CC1=O. The van der Waals surface area contributed by atoms with E-state index in [-0.39, 0.29) is 33.9 Å². The van der Waals surface area contributed by atoms with Gasteiger partial charge in [-0.3, -0.25) is 19.9 Å². The van der Waals surface area contributed by atoms with Crippen molar-refractivity contribution < 1.29 is 19.6 Å². The number of ether oxygens (including phenoxy) is 1. The van der Waals surface area contributed by atoms with Gasteiger partial charge in [0, 0.05) is 31.2 Å². The van der Waals surface area contributed by atoms with Gasteiger partial charge in [0.15, 0.2) is 5.78 Å². The molecule has 0 atom stereocenters. The van der Waals surface area contributed by atoms with Crippen LogP contribution in [-0.2, 0) is 4.79 Å². The standard InChI is InChI=1S/C16H18N2O5/c1-16(2)7-13(19)11(14(20)8-16)9-17-12-6-10(18(21)22)4-5-15(12)23-3/h4-6,9,19H,7-8H2,1-3H3. The molecule has 23 heavy (non-hydrogen) atoms. The average Bonchev–Trinajstić information content (AvgIpc) is 2.44. The van der Waals surface area contributed by atoms with Crippen molar-refractivity contribution in [2.24, 2.45) is 10.4 Å². The zero-order valence-corrected chi connectivity index (χ0v) is 13.2. The molecule has 0 saturated heterocycles. The molecule has 0 fully saturated rings. The number of Topliss-reactive ketones (excluding diaryl/α,β-unsaturated/α-hetero) is 1. The number of nitro groups is 1. The summed E-state index contributed by atoms with van der Waals surface area (Å²) in [6, 6.07) is 4.00. The largest absolute Gasteiger partial charge is 0.511 e. The minimum atomic E-state index is -0.538. The fourth-order valence-corrected chi connectivity index (χ4v) is 2.48. The van der Waals surface area contributed by atoms with Gasteiger partial charge in [-0.2, -0.15) is 0 Å². The molecule has 7 nitrogen and oxygen atoms in total. The number of hydrogen-bond donors (Lipinski definition) is 1. The van der Waals surface area contributed by atoms with Crippen LogP contribution in [0.4, 0.5) is 11.4 Å². The lowest BCUT2D eigenvalue weighted by Gasteiger charge is -2.28. The first-order valence-corrected chi connectivity index (χ1v) is 7.05. The predicted octanol–water partition coefficient (Wildman–Crippen LogP) is 3.51. The maximum absolute atomic E-state index is 12.1. The number of carbonyl (C=O) groups is 1. The third-order valence-electron chi connectivity index (χ3n) is 3.60. The molecule has 2 rings (SSSR count). The van der Waals surface area contributed by atoms with Crippen molar-refractivity contribution in [1.82, 2.24) is 0 Å². The molecule has 0 spiro atoms. The summed E-state index contributed by atoms with van der Waals surface area (Å²) in [5.41, 5.74) is -0.0633. The molecule has 0 heterocycles. The Morgan fingerprint density at radius 3 is 2.65 bits per heavy atom. The van der Waals surface area contributed by atoms with Gasteiger partial charge in [0.1, 0.15) is 17.2 Å². The number of methoxy groups -OCH3 is 1. The van der Waals surface area contributed by atoms with Gasteiger partial charge in [0.25, 0.3) is 5.69 Å². The monoisotopic (exact) mass is 318 g/mol. The third-order valence-corrected chi connectivity index (χ3v) is 3.60. The zero-order chi connectivity index (χ0) is 17.2. The lowest BCUT2D eigenvalue weighted by atomic mass is 9.77. The van der Waals surface area contributed by atoms with Crippen molar-refractivity contribution in [1.29, 1.82) is 0 Å². The first-order chi connectivity index (χ1) is 10.7. The first-order valence-electron chi connectivity index (χ1n) is 7.05. The van der Waals surface area contributed by atoms with Crippen molar-refractivity contribution in [3.05, 3.63) is 39.6 Å². The molecule has 1 aromatic rings. The second-order valence-corrected chi connectivity index (χ2v) is 6.17. The lowest BCUT2D eigenvalue weighted by Crippen LogP contribution is -2.26. The molecule has 0 amide bonds. The second-order valence-electron chi connectivity index (χ2n) is 6.17. The molecule has 1 aliphatic rings. The summed E-state index contributed by atoms with van der Waals surface area (Å²) >= 11 is 0. The number of rotatable bonds is 4. The fourth-order valence-electron chi connectivity index (χ4n) is 2.48. The Labute approximate surface area is 133 Å². The number of hydrogen-bond acceptors (Lipinski definition) is 6. The Kier molecular flexibility index (Phi) is 4.49. The summed E-state index contributed by atoms with van der Waals surface area (Å²) in [4.78, 5) is 26.5. The Morgan fingerprint density at radius 2 is 2.09 bits per heavy atom. The Balaban J connectivity index is 2.38. The number of non-ortho nitro benzene ring substituents is 1. The topological polar surface area (TPSA) is 102 Å². The number of carbonyl (C=O) groups excluding carboxylic acids is 1. The molecular formula is C16H18N2O5. The number of aliphatic hydroxyl groups is 1. The quantitative estimate of drug-likeness (QED) is 0.520. The Morgan fingerprint density at radius 1 is 1.39 bits per heavy atom. The number of allylic oxidation sites excluding steroid dienone is 2. The van der Waals surface area contributed by atoms with E-state index in [0.717, 1.165) is 0 Å².